The fourth-order valence-corrected chi connectivity index (χ4v) is 2.81. The van der Waals surface area contributed by atoms with Gasteiger partial charge < -0.3 is 0 Å². The Labute approximate surface area is 124 Å². The van der Waals surface area contributed by atoms with E-state index in [0.29, 0.717) is 22.9 Å². The lowest BCUT2D eigenvalue weighted by Crippen LogP contribution is -2.07. The summed E-state index contributed by atoms with van der Waals surface area (Å²) in [6.07, 6.45) is 0.489. The average Bonchev–Trinajstić information content (AvgIpc) is 2.41. The Morgan fingerprint density at radius 2 is 1.68 bits per heavy atom. The molecule has 0 saturated heterocycles. The molecule has 0 radical (unpaired) electrons. The summed E-state index contributed by atoms with van der Waals surface area (Å²) < 4.78 is 27.2. The van der Waals surface area contributed by atoms with E-state index in [1.807, 2.05) is 0 Å². The van der Waals surface area contributed by atoms with Crippen molar-refractivity contribution in [3.8, 4) is 0 Å². The zero-order valence-electron chi connectivity index (χ0n) is 10.0. The van der Waals surface area contributed by atoms with E-state index in [1.54, 1.807) is 30.3 Å². The highest BCUT2D eigenvalue weighted by Crippen LogP contribution is 2.29. The van der Waals surface area contributed by atoms with E-state index in [0.717, 1.165) is 0 Å². The maximum Gasteiger partial charge on any atom is 0.142 e. The van der Waals surface area contributed by atoms with Crippen LogP contribution in [0.15, 0.2) is 42.5 Å². The molecule has 0 aromatic heterocycles. The van der Waals surface area contributed by atoms with E-state index < -0.39 is 5.82 Å². The van der Waals surface area contributed by atoms with Gasteiger partial charge in [0, 0.05) is 11.2 Å². The van der Waals surface area contributed by atoms with Crippen LogP contribution < -0.4 is 0 Å². The van der Waals surface area contributed by atoms with Crippen LogP contribution in [0.25, 0.3) is 0 Å². The smallest absolute Gasteiger partial charge is 0.142 e. The molecule has 0 N–H and O–H groups in total. The molecule has 0 saturated carbocycles. The number of hydrogen-bond acceptors (Lipinski definition) is 0. The summed E-state index contributed by atoms with van der Waals surface area (Å²) in [5.41, 5.74) is 1.30. The largest absolute Gasteiger partial charge is 0.207 e. The Hall–Kier alpha value is -0.930. The minimum Gasteiger partial charge on any atom is -0.207 e. The van der Waals surface area contributed by atoms with Crippen LogP contribution >= 0.6 is 27.5 Å². The molecule has 1 unspecified atom stereocenters. The third kappa shape index (κ3) is 3.34. The van der Waals surface area contributed by atoms with Crippen LogP contribution in [0, 0.1) is 11.6 Å². The normalized spacial score (nSPS) is 12.4. The van der Waals surface area contributed by atoms with Gasteiger partial charge in [0.2, 0.25) is 0 Å². The molecule has 0 heterocycles. The molecule has 2 aromatic rings. The van der Waals surface area contributed by atoms with E-state index in [4.69, 9.17) is 11.6 Å². The number of hydrogen-bond donors (Lipinski definition) is 0. The molecule has 100 valence electrons. The molecule has 0 fully saturated rings. The Balaban J connectivity index is 2.30. The monoisotopic (exact) mass is 344 g/mol. The van der Waals surface area contributed by atoms with Gasteiger partial charge in [-0.3, -0.25) is 0 Å². The zero-order valence-corrected chi connectivity index (χ0v) is 12.4. The van der Waals surface area contributed by atoms with Crippen LogP contribution in [0.2, 0.25) is 5.02 Å². The standard InChI is InChI=1S/C15H12BrClF2/c16-9-11(12-5-1-2-6-13(12)18)8-10-4-3-7-14(19)15(10)17/h1-7,11H,8-9H2. The molecule has 1 atom stereocenters. The highest BCUT2D eigenvalue weighted by molar-refractivity contribution is 9.09. The summed E-state index contributed by atoms with van der Waals surface area (Å²) in [5.74, 6) is -0.777. The molecule has 0 spiro atoms. The maximum absolute atomic E-state index is 13.8. The van der Waals surface area contributed by atoms with Crippen molar-refractivity contribution >= 4 is 27.5 Å². The molecule has 0 aliphatic rings. The first-order valence-electron chi connectivity index (χ1n) is 5.86. The molecule has 0 aliphatic carbocycles. The average molecular weight is 346 g/mol. The van der Waals surface area contributed by atoms with Crippen molar-refractivity contribution in [2.45, 2.75) is 12.3 Å². The van der Waals surface area contributed by atoms with Crippen molar-refractivity contribution in [3.63, 3.8) is 0 Å². The van der Waals surface area contributed by atoms with Crippen LogP contribution in [0.4, 0.5) is 8.78 Å². The summed E-state index contributed by atoms with van der Waals surface area (Å²) in [6.45, 7) is 0. The van der Waals surface area contributed by atoms with Gasteiger partial charge in [0.25, 0.3) is 0 Å². The van der Waals surface area contributed by atoms with Crippen molar-refractivity contribution in [1.82, 2.24) is 0 Å². The maximum atomic E-state index is 13.8. The van der Waals surface area contributed by atoms with E-state index in [-0.39, 0.29) is 16.8 Å². The SMILES string of the molecule is Fc1ccccc1C(CBr)Cc1cccc(F)c1Cl. The lowest BCUT2D eigenvalue weighted by Gasteiger charge is -2.16. The molecular formula is C15H12BrClF2. The van der Waals surface area contributed by atoms with E-state index in [2.05, 4.69) is 15.9 Å². The van der Waals surface area contributed by atoms with Crippen molar-refractivity contribution in [2.24, 2.45) is 0 Å². The predicted molar refractivity (Wildman–Crippen MR) is 78.0 cm³/mol. The van der Waals surface area contributed by atoms with E-state index in [9.17, 15) is 8.78 Å². The zero-order chi connectivity index (χ0) is 13.8. The van der Waals surface area contributed by atoms with Gasteiger partial charge in [-0.25, -0.2) is 8.78 Å². The minimum absolute atomic E-state index is 0.0829. The number of alkyl halides is 1. The van der Waals surface area contributed by atoms with Crippen molar-refractivity contribution in [3.05, 3.63) is 70.2 Å². The first-order chi connectivity index (χ1) is 9.13. The Morgan fingerprint density at radius 3 is 2.37 bits per heavy atom. The summed E-state index contributed by atoms with van der Waals surface area (Å²) in [4.78, 5) is 0. The molecule has 0 aliphatic heterocycles. The molecule has 0 amide bonds. The van der Waals surface area contributed by atoms with Crippen molar-refractivity contribution in [1.29, 1.82) is 0 Å². The van der Waals surface area contributed by atoms with E-state index in [1.165, 1.54) is 12.1 Å². The fraction of sp³-hybridized carbons (Fsp3) is 0.200. The summed E-state index contributed by atoms with van der Waals surface area (Å²) in [7, 11) is 0. The van der Waals surface area contributed by atoms with Crippen LogP contribution in [-0.4, -0.2) is 5.33 Å². The number of benzene rings is 2. The van der Waals surface area contributed by atoms with E-state index >= 15 is 0 Å². The fourth-order valence-electron chi connectivity index (χ4n) is 2.03. The third-order valence-corrected chi connectivity index (χ3v) is 4.23. The molecule has 2 rings (SSSR count). The second-order valence-corrected chi connectivity index (χ2v) is 5.32. The summed E-state index contributed by atoms with van der Waals surface area (Å²) in [5, 5.41) is 0.700. The second-order valence-electron chi connectivity index (χ2n) is 4.29. The lowest BCUT2D eigenvalue weighted by atomic mass is 9.93. The summed E-state index contributed by atoms with van der Waals surface area (Å²) >= 11 is 9.32. The van der Waals surface area contributed by atoms with Crippen LogP contribution in [0.3, 0.4) is 0 Å². The minimum atomic E-state index is -0.443. The van der Waals surface area contributed by atoms with Crippen LogP contribution in [0.1, 0.15) is 17.0 Å². The summed E-state index contributed by atoms with van der Waals surface area (Å²) in [6, 6.07) is 11.3. The first-order valence-corrected chi connectivity index (χ1v) is 7.36. The number of rotatable bonds is 4. The second kappa shape index (κ2) is 6.49. The van der Waals surface area contributed by atoms with Gasteiger partial charge in [-0.1, -0.05) is 57.9 Å². The number of halogens is 4. The highest BCUT2D eigenvalue weighted by atomic mass is 79.9. The Bertz CT molecular complexity index is 572. The molecule has 0 bridgehead atoms. The predicted octanol–water partition coefficient (Wildman–Crippen LogP) is 5.34. The van der Waals surface area contributed by atoms with Gasteiger partial charge in [0.1, 0.15) is 11.6 Å². The van der Waals surface area contributed by atoms with Crippen LogP contribution in [0.5, 0.6) is 0 Å². The molecule has 19 heavy (non-hydrogen) atoms. The lowest BCUT2D eigenvalue weighted by molar-refractivity contribution is 0.588. The van der Waals surface area contributed by atoms with Gasteiger partial charge >= 0.3 is 0 Å². The van der Waals surface area contributed by atoms with Gasteiger partial charge in [-0.2, -0.15) is 0 Å². The quantitative estimate of drug-likeness (QED) is 0.656. The van der Waals surface area contributed by atoms with Gasteiger partial charge in [-0.05, 0) is 29.7 Å². The van der Waals surface area contributed by atoms with Gasteiger partial charge in [-0.15, -0.1) is 0 Å². The van der Waals surface area contributed by atoms with Crippen LogP contribution in [-0.2, 0) is 6.42 Å². The third-order valence-electron chi connectivity index (χ3n) is 3.03. The van der Waals surface area contributed by atoms with Crippen molar-refractivity contribution in [2.75, 3.05) is 5.33 Å². The van der Waals surface area contributed by atoms with Gasteiger partial charge in [0.15, 0.2) is 0 Å². The first kappa shape index (κ1) is 14.5. The highest BCUT2D eigenvalue weighted by Gasteiger charge is 2.17. The molecule has 0 nitrogen and oxygen atoms in total. The molecule has 4 heteroatoms. The molecular weight excluding hydrogens is 334 g/mol. The molecule has 2 aromatic carbocycles. The van der Waals surface area contributed by atoms with Crippen molar-refractivity contribution < 1.29 is 8.78 Å². The Morgan fingerprint density at radius 1 is 1.00 bits per heavy atom. The van der Waals surface area contributed by atoms with Gasteiger partial charge in [0.05, 0.1) is 5.02 Å². The topological polar surface area (TPSA) is 0 Å². The Kier molecular flexibility index (Phi) is 4.94.